The van der Waals surface area contributed by atoms with Gasteiger partial charge in [0.2, 0.25) is 0 Å². The van der Waals surface area contributed by atoms with E-state index in [0.29, 0.717) is 6.54 Å². The predicted molar refractivity (Wildman–Crippen MR) is 68.7 cm³/mol. The van der Waals surface area contributed by atoms with Crippen LogP contribution in [0.25, 0.3) is 0 Å². The molecule has 0 bridgehead atoms. The monoisotopic (exact) mass is 222 g/mol. The molecule has 2 N–H and O–H groups in total. The van der Waals surface area contributed by atoms with Crippen molar-refractivity contribution in [1.29, 1.82) is 0 Å². The summed E-state index contributed by atoms with van der Waals surface area (Å²) < 4.78 is 5.46. The third-order valence-corrected chi connectivity index (χ3v) is 2.53. The molecule has 3 nitrogen and oxygen atoms in total. The van der Waals surface area contributed by atoms with E-state index in [1.165, 1.54) is 11.3 Å². The Bertz CT molecular complexity index is 284. The fraction of sp³-hybridized carbons (Fsp3) is 0.538. The Morgan fingerprint density at radius 2 is 1.88 bits per heavy atom. The summed E-state index contributed by atoms with van der Waals surface area (Å²) >= 11 is 0. The van der Waals surface area contributed by atoms with Crippen LogP contribution in [0.1, 0.15) is 18.9 Å². The van der Waals surface area contributed by atoms with E-state index in [9.17, 15) is 0 Å². The predicted octanol–water partition coefficient (Wildman–Crippen LogP) is 2.01. The molecule has 0 radical (unpaired) electrons. The number of benzene rings is 1. The number of ether oxygens (including phenoxy) is 1. The van der Waals surface area contributed by atoms with Crippen molar-refractivity contribution in [3.05, 3.63) is 29.8 Å². The molecule has 0 aliphatic carbocycles. The van der Waals surface area contributed by atoms with E-state index in [-0.39, 0.29) is 0 Å². The highest BCUT2D eigenvalue weighted by Gasteiger charge is 2.00. The third kappa shape index (κ3) is 4.21. The number of likely N-dealkylation sites (N-methyl/N-ethyl adjacent to an activating group) is 1. The van der Waals surface area contributed by atoms with E-state index in [4.69, 9.17) is 10.5 Å². The standard InChI is InChI=1S/C13H22N2O/c1-3-9-16-10-8-15(2)13-6-4-12(11-14)5-7-13/h4-7H,3,8-11,14H2,1-2H3. The number of rotatable bonds is 7. The Morgan fingerprint density at radius 1 is 1.19 bits per heavy atom. The lowest BCUT2D eigenvalue weighted by molar-refractivity contribution is 0.141. The summed E-state index contributed by atoms with van der Waals surface area (Å²) in [4.78, 5) is 2.19. The maximum Gasteiger partial charge on any atom is 0.0641 e. The highest BCUT2D eigenvalue weighted by atomic mass is 16.5. The molecule has 0 heterocycles. The molecule has 1 aromatic carbocycles. The Labute approximate surface area is 98.2 Å². The van der Waals surface area contributed by atoms with Crippen molar-refractivity contribution in [2.45, 2.75) is 19.9 Å². The van der Waals surface area contributed by atoms with Gasteiger partial charge in [0.25, 0.3) is 0 Å². The molecule has 0 saturated heterocycles. The topological polar surface area (TPSA) is 38.5 Å². The molecule has 0 atom stereocenters. The Morgan fingerprint density at radius 3 is 2.44 bits per heavy atom. The second kappa shape index (κ2) is 7.25. The summed E-state index contributed by atoms with van der Waals surface area (Å²) in [5, 5.41) is 0. The second-order valence-electron chi connectivity index (χ2n) is 3.90. The summed E-state index contributed by atoms with van der Waals surface area (Å²) in [6, 6.07) is 8.33. The van der Waals surface area contributed by atoms with Crippen LogP contribution in [0.15, 0.2) is 24.3 Å². The van der Waals surface area contributed by atoms with Gasteiger partial charge in [0.15, 0.2) is 0 Å². The van der Waals surface area contributed by atoms with Crippen molar-refractivity contribution in [3.8, 4) is 0 Å². The molecule has 1 rings (SSSR count). The molecule has 0 unspecified atom stereocenters. The van der Waals surface area contributed by atoms with Crippen molar-refractivity contribution in [2.24, 2.45) is 5.73 Å². The fourth-order valence-corrected chi connectivity index (χ4v) is 1.46. The molecule has 90 valence electrons. The molecule has 0 fully saturated rings. The highest BCUT2D eigenvalue weighted by molar-refractivity contribution is 5.46. The summed E-state index contributed by atoms with van der Waals surface area (Å²) in [5.74, 6) is 0. The van der Waals surface area contributed by atoms with E-state index in [2.05, 4.69) is 43.1 Å². The van der Waals surface area contributed by atoms with Crippen LogP contribution < -0.4 is 10.6 Å². The molecular formula is C13H22N2O. The normalized spacial score (nSPS) is 10.4. The zero-order valence-electron chi connectivity index (χ0n) is 10.3. The Hall–Kier alpha value is -1.06. The van der Waals surface area contributed by atoms with Crippen molar-refractivity contribution in [3.63, 3.8) is 0 Å². The van der Waals surface area contributed by atoms with Gasteiger partial charge in [0.05, 0.1) is 6.61 Å². The molecule has 0 saturated carbocycles. The van der Waals surface area contributed by atoms with Gasteiger partial charge in [-0.25, -0.2) is 0 Å². The van der Waals surface area contributed by atoms with Crippen molar-refractivity contribution >= 4 is 5.69 Å². The number of hydrogen-bond acceptors (Lipinski definition) is 3. The summed E-state index contributed by atoms with van der Waals surface area (Å²) in [6.45, 7) is 5.27. The van der Waals surface area contributed by atoms with E-state index in [1.807, 2.05) is 0 Å². The second-order valence-corrected chi connectivity index (χ2v) is 3.90. The summed E-state index contributed by atoms with van der Waals surface area (Å²) in [6.07, 6.45) is 1.08. The lowest BCUT2D eigenvalue weighted by atomic mass is 10.2. The van der Waals surface area contributed by atoms with Gasteiger partial charge in [-0.15, -0.1) is 0 Å². The molecule has 16 heavy (non-hydrogen) atoms. The van der Waals surface area contributed by atoms with Crippen LogP contribution in [0, 0.1) is 0 Å². The maximum atomic E-state index is 5.56. The first-order valence-corrected chi connectivity index (χ1v) is 5.85. The number of anilines is 1. The first-order valence-electron chi connectivity index (χ1n) is 5.85. The summed E-state index contributed by atoms with van der Waals surface area (Å²) in [7, 11) is 2.08. The van der Waals surface area contributed by atoms with E-state index >= 15 is 0 Å². The zero-order chi connectivity index (χ0) is 11.8. The quantitative estimate of drug-likeness (QED) is 0.717. The zero-order valence-corrected chi connectivity index (χ0v) is 10.3. The van der Waals surface area contributed by atoms with Crippen molar-refractivity contribution in [2.75, 3.05) is 31.7 Å². The minimum atomic E-state index is 0.601. The minimum absolute atomic E-state index is 0.601. The van der Waals surface area contributed by atoms with Crippen LogP contribution in [0.3, 0.4) is 0 Å². The summed E-state index contributed by atoms with van der Waals surface area (Å²) in [5.41, 5.74) is 7.93. The number of nitrogens with zero attached hydrogens (tertiary/aromatic N) is 1. The molecule has 0 aliphatic heterocycles. The fourth-order valence-electron chi connectivity index (χ4n) is 1.46. The van der Waals surface area contributed by atoms with Gasteiger partial charge >= 0.3 is 0 Å². The van der Waals surface area contributed by atoms with Crippen LogP contribution in [0.4, 0.5) is 5.69 Å². The first kappa shape index (κ1) is 13.0. The van der Waals surface area contributed by atoms with Gasteiger partial charge in [0, 0.05) is 32.4 Å². The van der Waals surface area contributed by atoms with E-state index in [1.54, 1.807) is 0 Å². The maximum absolute atomic E-state index is 5.56. The van der Waals surface area contributed by atoms with Gasteiger partial charge in [-0.3, -0.25) is 0 Å². The Balaban J connectivity index is 2.37. The molecule has 0 amide bonds. The van der Waals surface area contributed by atoms with Crippen molar-refractivity contribution < 1.29 is 4.74 Å². The number of hydrogen-bond donors (Lipinski definition) is 1. The molecule has 1 aromatic rings. The third-order valence-electron chi connectivity index (χ3n) is 2.53. The first-order chi connectivity index (χ1) is 7.77. The largest absolute Gasteiger partial charge is 0.380 e. The van der Waals surface area contributed by atoms with Gasteiger partial charge in [-0.05, 0) is 24.1 Å². The highest BCUT2D eigenvalue weighted by Crippen LogP contribution is 2.13. The van der Waals surface area contributed by atoms with Crippen LogP contribution >= 0.6 is 0 Å². The molecule has 0 aliphatic rings. The lowest BCUT2D eigenvalue weighted by Gasteiger charge is -2.19. The molecular weight excluding hydrogens is 200 g/mol. The van der Waals surface area contributed by atoms with Gasteiger partial charge < -0.3 is 15.4 Å². The lowest BCUT2D eigenvalue weighted by Crippen LogP contribution is -2.22. The Kier molecular flexibility index (Phi) is 5.90. The van der Waals surface area contributed by atoms with Gasteiger partial charge in [-0.2, -0.15) is 0 Å². The molecule has 0 aromatic heterocycles. The smallest absolute Gasteiger partial charge is 0.0641 e. The van der Waals surface area contributed by atoms with Gasteiger partial charge in [0.1, 0.15) is 0 Å². The molecule has 0 spiro atoms. The van der Waals surface area contributed by atoms with Gasteiger partial charge in [-0.1, -0.05) is 19.1 Å². The van der Waals surface area contributed by atoms with Crippen molar-refractivity contribution in [1.82, 2.24) is 0 Å². The van der Waals surface area contributed by atoms with Crippen LogP contribution in [0.5, 0.6) is 0 Å². The minimum Gasteiger partial charge on any atom is -0.380 e. The molecule has 3 heteroatoms. The van der Waals surface area contributed by atoms with E-state index < -0.39 is 0 Å². The number of nitrogens with two attached hydrogens (primary N) is 1. The van der Waals surface area contributed by atoms with Crippen LogP contribution in [-0.2, 0) is 11.3 Å². The van der Waals surface area contributed by atoms with E-state index in [0.717, 1.165) is 26.2 Å². The average molecular weight is 222 g/mol. The SMILES string of the molecule is CCCOCCN(C)c1ccc(CN)cc1. The average Bonchev–Trinajstić information content (AvgIpc) is 2.34. The van der Waals surface area contributed by atoms with Crippen LogP contribution in [0.2, 0.25) is 0 Å². The van der Waals surface area contributed by atoms with Crippen LogP contribution in [-0.4, -0.2) is 26.8 Å².